The van der Waals surface area contributed by atoms with Crippen molar-refractivity contribution < 1.29 is 14.3 Å². The SMILES string of the molecule is C[C@@H]1[C@H](C)CCC[C@H]1NC(=O)COC(=O)c1cccc(N(C)C)c1. The smallest absolute Gasteiger partial charge is 0.338 e. The van der Waals surface area contributed by atoms with Gasteiger partial charge in [0.05, 0.1) is 5.56 Å². The predicted molar refractivity (Wildman–Crippen MR) is 95.2 cm³/mol. The van der Waals surface area contributed by atoms with Crippen molar-refractivity contribution in [1.82, 2.24) is 5.32 Å². The van der Waals surface area contributed by atoms with E-state index in [2.05, 4.69) is 19.2 Å². The maximum Gasteiger partial charge on any atom is 0.338 e. The highest BCUT2D eigenvalue weighted by Gasteiger charge is 2.28. The number of nitrogens with zero attached hydrogens (tertiary/aromatic N) is 1. The van der Waals surface area contributed by atoms with Gasteiger partial charge in [-0.05, 0) is 36.5 Å². The van der Waals surface area contributed by atoms with Crippen LogP contribution in [-0.4, -0.2) is 38.6 Å². The van der Waals surface area contributed by atoms with Gasteiger partial charge in [0.1, 0.15) is 0 Å². The summed E-state index contributed by atoms with van der Waals surface area (Å²) in [6.07, 6.45) is 3.34. The van der Waals surface area contributed by atoms with E-state index in [-0.39, 0.29) is 18.6 Å². The molecule has 0 aliphatic heterocycles. The summed E-state index contributed by atoms with van der Waals surface area (Å²) in [6.45, 7) is 4.16. The van der Waals surface area contributed by atoms with E-state index in [0.717, 1.165) is 18.5 Å². The van der Waals surface area contributed by atoms with E-state index in [0.29, 0.717) is 17.4 Å². The van der Waals surface area contributed by atoms with Crippen molar-refractivity contribution >= 4 is 17.6 Å². The zero-order valence-electron chi connectivity index (χ0n) is 15.0. The Hall–Kier alpha value is -2.04. The number of carbonyl (C=O) groups excluding carboxylic acids is 2. The Kier molecular flexibility index (Phi) is 6.23. The number of esters is 1. The minimum Gasteiger partial charge on any atom is -0.452 e. The lowest BCUT2D eigenvalue weighted by Gasteiger charge is -2.34. The van der Waals surface area contributed by atoms with Crippen molar-refractivity contribution in [2.75, 3.05) is 25.6 Å². The van der Waals surface area contributed by atoms with Gasteiger partial charge < -0.3 is 15.0 Å². The third-order valence-electron chi connectivity index (χ3n) is 4.99. The maximum absolute atomic E-state index is 12.1. The van der Waals surface area contributed by atoms with Crippen LogP contribution in [-0.2, 0) is 9.53 Å². The second-order valence-electron chi connectivity index (χ2n) is 6.96. The number of ether oxygens (including phenoxy) is 1. The first-order chi connectivity index (χ1) is 11.4. The Bertz CT molecular complexity index is 586. The second-order valence-corrected chi connectivity index (χ2v) is 6.96. The molecule has 1 saturated carbocycles. The molecule has 0 unspecified atom stereocenters. The van der Waals surface area contributed by atoms with Crippen molar-refractivity contribution in [3.05, 3.63) is 29.8 Å². The summed E-state index contributed by atoms with van der Waals surface area (Å²) in [6, 6.07) is 7.34. The molecule has 3 atom stereocenters. The number of amides is 1. The zero-order valence-corrected chi connectivity index (χ0v) is 15.0. The second kappa shape index (κ2) is 8.18. The number of hydrogen-bond acceptors (Lipinski definition) is 4. The lowest BCUT2D eigenvalue weighted by atomic mass is 9.78. The molecule has 132 valence electrons. The molecule has 1 aromatic carbocycles. The minimum absolute atomic E-state index is 0.178. The number of anilines is 1. The fourth-order valence-electron chi connectivity index (χ4n) is 3.16. The molecule has 0 saturated heterocycles. The number of benzene rings is 1. The summed E-state index contributed by atoms with van der Waals surface area (Å²) >= 11 is 0. The maximum atomic E-state index is 12.1. The van der Waals surface area contributed by atoms with Crippen LogP contribution in [0.4, 0.5) is 5.69 Å². The lowest BCUT2D eigenvalue weighted by Crippen LogP contribution is -2.45. The highest BCUT2D eigenvalue weighted by Crippen LogP contribution is 2.29. The van der Waals surface area contributed by atoms with E-state index < -0.39 is 5.97 Å². The first-order valence-electron chi connectivity index (χ1n) is 8.62. The van der Waals surface area contributed by atoms with Crippen molar-refractivity contribution in [3.8, 4) is 0 Å². The van der Waals surface area contributed by atoms with Gasteiger partial charge in [-0.2, -0.15) is 0 Å². The van der Waals surface area contributed by atoms with Gasteiger partial charge in [-0.15, -0.1) is 0 Å². The molecule has 1 N–H and O–H groups in total. The van der Waals surface area contributed by atoms with Crippen LogP contribution in [0, 0.1) is 11.8 Å². The molecule has 1 amide bonds. The zero-order chi connectivity index (χ0) is 17.7. The molecule has 1 fully saturated rings. The average Bonchev–Trinajstić information content (AvgIpc) is 2.57. The molecule has 0 heterocycles. The van der Waals surface area contributed by atoms with Crippen LogP contribution in [0.5, 0.6) is 0 Å². The third kappa shape index (κ3) is 4.73. The van der Waals surface area contributed by atoms with Gasteiger partial charge in [-0.25, -0.2) is 4.79 Å². The highest BCUT2D eigenvalue weighted by atomic mass is 16.5. The molecule has 2 rings (SSSR count). The number of rotatable bonds is 5. The van der Waals surface area contributed by atoms with Crippen LogP contribution in [0.25, 0.3) is 0 Å². The Morgan fingerprint density at radius 3 is 2.71 bits per heavy atom. The van der Waals surface area contributed by atoms with Crippen molar-refractivity contribution in [1.29, 1.82) is 0 Å². The molecule has 1 aliphatic carbocycles. The number of carbonyl (C=O) groups is 2. The van der Waals surface area contributed by atoms with Gasteiger partial charge in [0.25, 0.3) is 5.91 Å². The van der Waals surface area contributed by atoms with Crippen molar-refractivity contribution in [2.24, 2.45) is 11.8 Å². The van der Waals surface area contributed by atoms with Gasteiger partial charge in [-0.1, -0.05) is 32.8 Å². The van der Waals surface area contributed by atoms with Gasteiger partial charge in [-0.3, -0.25) is 4.79 Å². The Morgan fingerprint density at radius 2 is 2.00 bits per heavy atom. The summed E-state index contributed by atoms with van der Waals surface area (Å²) in [5.74, 6) is 0.368. The quantitative estimate of drug-likeness (QED) is 0.843. The largest absolute Gasteiger partial charge is 0.452 e. The van der Waals surface area contributed by atoms with Gasteiger partial charge in [0, 0.05) is 25.8 Å². The predicted octanol–water partition coefficient (Wildman–Crippen LogP) is 2.85. The number of hydrogen-bond donors (Lipinski definition) is 1. The van der Waals surface area contributed by atoms with Crippen LogP contribution in [0.15, 0.2) is 24.3 Å². The molecule has 5 heteroatoms. The molecule has 0 aromatic heterocycles. The minimum atomic E-state index is -0.473. The van der Waals surface area contributed by atoms with Crippen LogP contribution >= 0.6 is 0 Å². The van der Waals surface area contributed by atoms with Crippen LogP contribution in [0.2, 0.25) is 0 Å². The normalized spacial score (nSPS) is 23.4. The van der Waals surface area contributed by atoms with Crippen LogP contribution < -0.4 is 10.2 Å². The molecule has 0 bridgehead atoms. The fraction of sp³-hybridized carbons (Fsp3) is 0.579. The van der Waals surface area contributed by atoms with Crippen LogP contribution in [0.3, 0.4) is 0 Å². The standard InChI is InChI=1S/C19H28N2O3/c1-13-7-5-10-17(14(13)2)20-18(22)12-24-19(23)15-8-6-9-16(11-15)21(3)4/h6,8-9,11,13-14,17H,5,7,10,12H2,1-4H3,(H,20,22)/t13-,14-,17-/m1/s1. The molecule has 5 nitrogen and oxygen atoms in total. The fourth-order valence-corrected chi connectivity index (χ4v) is 3.16. The molecule has 0 radical (unpaired) electrons. The van der Waals surface area contributed by atoms with E-state index >= 15 is 0 Å². The van der Waals surface area contributed by atoms with Gasteiger partial charge in [0.2, 0.25) is 0 Å². The van der Waals surface area contributed by atoms with Crippen LogP contribution in [0.1, 0.15) is 43.5 Å². The molecular formula is C19H28N2O3. The Labute approximate surface area is 144 Å². The van der Waals surface area contributed by atoms with E-state index in [4.69, 9.17) is 4.74 Å². The molecule has 1 aliphatic rings. The Morgan fingerprint density at radius 1 is 1.25 bits per heavy atom. The molecule has 24 heavy (non-hydrogen) atoms. The van der Waals surface area contributed by atoms with Gasteiger partial charge in [0.15, 0.2) is 6.61 Å². The Balaban J connectivity index is 1.85. The molecule has 1 aromatic rings. The highest BCUT2D eigenvalue weighted by molar-refractivity contribution is 5.92. The van der Waals surface area contributed by atoms with E-state index in [9.17, 15) is 9.59 Å². The summed E-state index contributed by atoms with van der Waals surface area (Å²) in [5, 5.41) is 3.01. The van der Waals surface area contributed by atoms with E-state index in [1.165, 1.54) is 6.42 Å². The first-order valence-corrected chi connectivity index (χ1v) is 8.62. The monoisotopic (exact) mass is 332 g/mol. The van der Waals surface area contributed by atoms with E-state index in [1.54, 1.807) is 18.2 Å². The van der Waals surface area contributed by atoms with Crippen molar-refractivity contribution in [3.63, 3.8) is 0 Å². The first kappa shape index (κ1) is 18.3. The molecular weight excluding hydrogens is 304 g/mol. The summed E-state index contributed by atoms with van der Waals surface area (Å²) < 4.78 is 5.16. The lowest BCUT2D eigenvalue weighted by molar-refractivity contribution is -0.125. The number of nitrogens with one attached hydrogen (secondary N) is 1. The third-order valence-corrected chi connectivity index (χ3v) is 4.99. The topological polar surface area (TPSA) is 58.6 Å². The molecule has 0 spiro atoms. The average molecular weight is 332 g/mol. The summed E-state index contributed by atoms with van der Waals surface area (Å²) in [4.78, 5) is 26.1. The van der Waals surface area contributed by atoms with Crippen molar-refractivity contribution in [2.45, 2.75) is 39.2 Å². The van der Waals surface area contributed by atoms with Gasteiger partial charge >= 0.3 is 5.97 Å². The van der Waals surface area contributed by atoms with E-state index in [1.807, 2.05) is 25.1 Å². The summed E-state index contributed by atoms with van der Waals surface area (Å²) in [7, 11) is 3.81. The summed E-state index contributed by atoms with van der Waals surface area (Å²) in [5.41, 5.74) is 1.37.